The quantitative estimate of drug-likeness (QED) is 0.866. The Morgan fingerprint density at radius 1 is 1.43 bits per heavy atom. The van der Waals surface area contributed by atoms with E-state index in [1.165, 1.54) is 38.8 Å². The number of nitrogens with zero attached hydrogens (tertiary/aromatic N) is 2. The summed E-state index contributed by atoms with van der Waals surface area (Å²) in [7, 11) is 1.55. The van der Waals surface area contributed by atoms with Crippen LogP contribution in [-0.4, -0.2) is 49.1 Å². The Hall–Kier alpha value is -1.62. The monoisotopic (exact) mass is 289 g/mol. The van der Waals surface area contributed by atoms with Gasteiger partial charge in [0.15, 0.2) is 0 Å². The van der Waals surface area contributed by atoms with Crippen LogP contribution in [0.15, 0.2) is 18.3 Å². The summed E-state index contributed by atoms with van der Waals surface area (Å²) in [4.78, 5) is 18.8. The van der Waals surface area contributed by atoms with Gasteiger partial charge in [0.25, 0.3) is 5.91 Å². The smallest absolute Gasteiger partial charge is 0.251 e. The predicted molar refractivity (Wildman–Crippen MR) is 80.5 cm³/mol. The summed E-state index contributed by atoms with van der Waals surface area (Å²) < 4.78 is 5.05. The average molecular weight is 289 g/mol. The van der Waals surface area contributed by atoms with Crippen molar-refractivity contribution in [1.29, 1.82) is 0 Å². The van der Waals surface area contributed by atoms with Crippen LogP contribution in [-0.2, 0) is 0 Å². The minimum Gasteiger partial charge on any atom is -0.481 e. The SMILES string of the molecule is COc1cc(C(=O)NCC2(CN3CCCC3)CC2)ccn1. The van der Waals surface area contributed by atoms with E-state index in [-0.39, 0.29) is 5.91 Å². The van der Waals surface area contributed by atoms with Crippen LogP contribution in [0.3, 0.4) is 0 Å². The molecule has 2 aliphatic rings. The van der Waals surface area contributed by atoms with Crippen molar-refractivity contribution in [2.45, 2.75) is 25.7 Å². The molecule has 1 N–H and O–H groups in total. The lowest BCUT2D eigenvalue weighted by Crippen LogP contribution is -2.37. The molecule has 114 valence electrons. The van der Waals surface area contributed by atoms with Gasteiger partial charge in [0.2, 0.25) is 5.88 Å². The number of hydrogen-bond donors (Lipinski definition) is 1. The molecule has 1 saturated heterocycles. The van der Waals surface area contributed by atoms with Crippen LogP contribution < -0.4 is 10.1 Å². The molecule has 1 aliphatic heterocycles. The van der Waals surface area contributed by atoms with Crippen molar-refractivity contribution in [3.8, 4) is 5.88 Å². The van der Waals surface area contributed by atoms with E-state index in [0.717, 1.165) is 13.1 Å². The van der Waals surface area contributed by atoms with E-state index in [0.29, 0.717) is 16.9 Å². The Bertz CT molecular complexity index is 508. The maximum absolute atomic E-state index is 12.2. The van der Waals surface area contributed by atoms with Crippen molar-refractivity contribution < 1.29 is 9.53 Å². The van der Waals surface area contributed by atoms with Crippen molar-refractivity contribution in [3.05, 3.63) is 23.9 Å². The maximum Gasteiger partial charge on any atom is 0.251 e. The Labute approximate surface area is 125 Å². The predicted octanol–water partition coefficient (Wildman–Crippen LogP) is 1.70. The van der Waals surface area contributed by atoms with Crippen molar-refractivity contribution in [2.75, 3.05) is 33.3 Å². The number of ether oxygens (including phenoxy) is 1. The van der Waals surface area contributed by atoms with Crippen molar-refractivity contribution in [2.24, 2.45) is 5.41 Å². The summed E-state index contributed by atoms with van der Waals surface area (Å²) in [6, 6.07) is 3.40. The van der Waals surface area contributed by atoms with Crippen molar-refractivity contribution >= 4 is 5.91 Å². The third kappa shape index (κ3) is 3.53. The number of amides is 1. The van der Waals surface area contributed by atoms with E-state index < -0.39 is 0 Å². The fourth-order valence-corrected chi connectivity index (χ4v) is 3.01. The zero-order valence-electron chi connectivity index (χ0n) is 12.6. The number of hydrogen-bond acceptors (Lipinski definition) is 4. The number of likely N-dealkylation sites (tertiary alicyclic amines) is 1. The number of pyridine rings is 1. The topological polar surface area (TPSA) is 54.5 Å². The lowest BCUT2D eigenvalue weighted by atomic mass is 10.1. The van der Waals surface area contributed by atoms with Crippen LogP contribution in [0, 0.1) is 5.41 Å². The van der Waals surface area contributed by atoms with E-state index >= 15 is 0 Å². The number of carbonyl (C=O) groups excluding carboxylic acids is 1. The van der Waals surface area contributed by atoms with Gasteiger partial charge >= 0.3 is 0 Å². The molecule has 1 aliphatic carbocycles. The van der Waals surface area contributed by atoms with Gasteiger partial charge in [0.05, 0.1) is 7.11 Å². The van der Waals surface area contributed by atoms with Crippen LogP contribution in [0.2, 0.25) is 0 Å². The van der Waals surface area contributed by atoms with E-state index in [2.05, 4.69) is 15.2 Å². The first-order valence-corrected chi connectivity index (χ1v) is 7.71. The molecule has 0 radical (unpaired) electrons. The van der Waals surface area contributed by atoms with Gasteiger partial charge in [-0.25, -0.2) is 4.98 Å². The van der Waals surface area contributed by atoms with Crippen molar-refractivity contribution in [1.82, 2.24) is 15.2 Å². The second-order valence-electron chi connectivity index (χ2n) is 6.25. The lowest BCUT2D eigenvalue weighted by Gasteiger charge is -2.23. The normalized spacial score (nSPS) is 20.2. The zero-order chi connectivity index (χ0) is 14.7. The summed E-state index contributed by atoms with van der Waals surface area (Å²) in [5.41, 5.74) is 0.927. The molecule has 2 fully saturated rings. The number of rotatable bonds is 6. The maximum atomic E-state index is 12.2. The standard InChI is InChI=1S/C16H23N3O2/c1-21-14-10-13(4-7-17-14)15(20)18-11-16(5-6-16)12-19-8-2-3-9-19/h4,7,10H,2-3,5-6,8-9,11-12H2,1H3,(H,18,20). The van der Waals surface area contributed by atoms with Gasteiger partial charge in [0, 0.05) is 36.3 Å². The Balaban J connectivity index is 1.53. The van der Waals surface area contributed by atoms with Crippen LogP contribution in [0.4, 0.5) is 0 Å². The highest BCUT2D eigenvalue weighted by Gasteiger charge is 2.44. The highest BCUT2D eigenvalue weighted by molar-refractivity contribution is 5.94. The van der Waals surface area contributed by atoms with Gasteiger partial charge in [-0.05, 0) is 44.8 Å². The average Bonchev–Trinajstić information content (AvgIpc) is 3.09. The highest BCUT2D eigenvalue weighted by atomic mass is 16.5. The third-order valence-electron chi connectivity index (χ3n) is 4.54. The van der Waals surface area contributed by atoms with Gasteiger partial charge in [-0.2, -0.15) is 0 Å². The molecule has 5 heteroatoms. The number of nitrogens with one attached hydrogen (secondary N) is 1. The van der Waals surface area contributed by atoms with Crippen LogP contribution in [0.1, 0.15) is 36.0 Å². The fourth-order valence-electron chi connectivity index (χ4n) is 3.01. The summed E-state index contributed by atoms with van der Waals surface area (Å²) in [5, 5.41) is 3.08. The first kappa shape index (κ1) is 14.3. The van der Waals surface area contributed by atoms with Crippen LogP contribution >= 0.6 is 0 Å². The molecule has 21 heavy (non-hydrogen) atoms. The van der Waals surface area contributed by atoms with Gasteiger partial charge in [-0.15, -0.1) is 0 Å². The molecule has 0 bridgehead atoms. The third-order valence-corrected chi connectivity index (χ3v) is 4.54. The Morgan fingerprint density at radius 3 is 2.86 bits per heavy atom. The summed E-state index contributed by atoms with van der Waals surface area (Å²) in [5.74, 6) is 0.434. The minimum absolute atomic E-state index is 0.0385. The van der Waals surface area contributed by atoms with E-state index in [1.807, 2.05) is 0 Å². The summed E-state index contributed by atoms with van der Waals surface area (Å²) in [6.07, 6.45) is 6.69. The molecular formula is C16H23N3O2. The summed E-state index contributed by atoms with van der Waals surface area (Å²) >= 11 is 0. The molecule has 3 rings (SSSR count). The van der Waals surface area contributed by atoms with Gasteiger partial charge in [-0.1, -0.05) is 0 Å². The molecule has 0 unspecified atom stereocenters. The zero-order valence-corrected chi connectivity index (χ0v) is 12.6. The number of methoxy groups -OCH3 is 1. The second kappa shape index (κ2) is 6.02. The first-order chi connectivity index (χ1) is 10.2. The van der Waals surface area contributed by atoms with Gasteiger partial charge < -0.3 is 15.0 Å². The second-order valence-corrected chi connectivity index (χ2v) is 6.25. The van der Waals surface area contributed by atoms with E-state index in [1.54, 1.807) is 25.4 Å². The number of carbonyl (C=O) groups is 1. The molecule has 0 atom stereocenters. The van der Waals surface area contributed by atoms with E-state index in [4.69, 9.17) is 4.74 Å². The van der Waals surface area contributed by atoms with Gasteiger partial charge in [-0.3, -0.25) is 4.79 Å². The van der Waals surface area contributed by atoms with Crippen LogP contribution in [0.25, 0.3) is 0 Å². The molecule has 1 aromatic heterocycles. The van der Waals surface area contributed by atoms with Gasteiger partial charge in [0.1, 0.15) is 0 Å². The summed E-state index contributed by atoms with van der Waals surface area (Å²) in [6.45, 7) is 4.34. The van der Waals surface area contributed by atoms with Crippen LogP contribution in [0.5, 0.6) is 5.88 Å². The Morgan fingerprint density at radius 2 is 2.19 bits per heavy atom. The lowest BCUT2D eigenvalue weighted by molar-refractivity contribution is 0.0939. The molecule has 1 saturated carbocycles. The molecule has 2 heterocycles. The minimum atomic E-state index is -0.0385. The van der Waals surface area contributed by atoms with Crippen molar-refractivity contribution in [3.63, 3.8) is 0 Å². The molecule has 0 aromatic carbocycles. The molecule has 1 amide bonds. The molecule has 0 spiro atoms. The first-order valence-electron chi connectivity index (χ1n) is 7.71. The molecular weight excluding hydrogens is 266 g/mol. The highest BCUT2D eigenvalue weighted by Crippen LogP contribution is 2.46. The molecule has 5 nitrogen and oxygen atoms in total. The fraction of sp³-hybridized carbons (Fsp3) is 0.625. The Kier molecular flexibility index (Phi) is 4.10. The largest absolute Gasteiger partial charge is 0.481 e. The molecule has 1 aromatic rings. The number of aromatic nitrogens is 1. The van der Waals surface area contributed by atoms with E-state index in [9.17, 15) is 4.79 Å².